The van der Waals surface area contributed by atoms with E-state index < -0.39 is 10.0 Å². The van der Waals surface area contributed by atoms with Gasteiger partial charge < -0.3 is 11.1 Å². The fraction of sp³-hybridized carbons (Fsp3) is 0.455. The van der Waals surface area contributed by atoms with Crippen molar-refractivity contribution in [2.24, 2.45) is 5.73 Å². The molecule has 0 radical (unpaired) electrons. The molecule has 0 bridgehead atoms. The molecule has 6 nitrogen and oxygen atoms in total. The summed E-state index contributed by atoms with van der Waals surface area (Å²) in [5.41, 5.74) is 5.46. The lowest BCUT2D eigenvalue weighted by Gasteiger charge is -2.15. The number of rotatable bonds is 6. The summed E-state index contributed by atoms with van der Waals surface area (Å²) < 4.78 is 25.7. The SMILES string of the molecule is CN(CC(=O)NC1CC1)S(=O)(=O)c1ccc(C(N)=S)s1. The molecule has 9 heteroatoms. The third-order valence-corrected chi connectivity index (χ3v) is 6.54. The second-order valence-electron chi connectivity index (χ2n) is 4.59. The summed E-state index contributed by atoms with van der Waals surface area (Å²) in [6.07, 6.45) is 1.93. The van der Waals surface area contributed by atoms with Gasteiger partial charge in [-0.05, 0) is 25.0 Å². The predicted molar refractivity (Wildman–Crippen MR) is 81.2 cm³/mol. The molecule has 3 N–H and O–H groups in total. The van der Waals surface area contributed by atoms with Crippen LogP contribution in [-0.2, 0) is 14.8 Å². The molecule has 0 aliphatic heterocycles. The van der Waals surface area contributed by atoms with Gasteiger partial charge in [-0.3, -0.25) is 4.79 Å². The lowest BCUT2D eigenvalue weighted by molar-refractivity contribution is -0.121. The van der Waals surface area contributed by atoms with Crippen molar-refractivity contribution in [3.8, 4) is 0 Å². The maximum Gasteiger partial charge on any atom is 0.252 e. The molecule has 0 atom stereocenters. The van der Waals surface area contributed by atoms with Crippen LogP contribution in [0.1, 0.15) is 17.7 Å². The van der Waals surface area contributed by atoms with Gasteiger partial charge in [0.05, 0.1) is 11.4 Å². The van der Waals surface area contributed by atoms with E-state index in [2.05, 4.69) is 5.32 Å². The summed E-state index contributed by atoms with van der Waals surface area (Å²) >= 11 is 5.81. The summed E-state index contributed by atoms with van der Waals surface area (Å²) in [6, 6.07) is 3.23. The van der Waals surface area contributed by atoms with E-state index in [4.69, 9.17) is 18.0 Å². The largest absolute Gasteiger partial charge is 0.389 e. The monoisotopic (exact) mass is 333 g/mol. The van der Waals surface area contributed by atoms with Gasteiger partial charge >= 0.3 is 0 Å². The first-order valence-electron chi connectivity index (χ1n) is 5.96. The standard InChI is InChI=1S/C11H15N3O3S3/c1-14(6-9(15)13-7-2-3-7)20(16,17)10-5-4-8(19-10)11(12)18/h4-5,7H,2-3,6H2,1H3,(H2,12,18)(H,13,15). The molecule has 1 heterocycles. The Labute approximate surface area is 127 Å². The summed E-state index contributed by atoms with van der Waals surface area (Å²) in [5.74, 6) is -0.287. The van der Waals surface area contributed by atoms with Crippen LogP contribution in [-0.4, -0.2) is 43.3 Å². The van der Waals surface area contributed by atoms with E-state index in [1.165, 1.54) is 13.1 Å². The van der Waals surface area contributed by atoms with E-state index in [-0.39, 0.29) is 27.7 Å². The molecule has 1 aliphatic rings. The minimum Gasteiger partial charge on any atom is -0.389 e. The van der Waals surface area contributed by atoms with Crippen molar-refractivity contribution in [3.63, 3.8) is 0 Å². The molecule has 20 heavy (non-hydrogen) atoms. The Morgan fingerprint density at radius 2 is 2.20 bits per heavy atom. The van der Waals surface area contributed by atoms with Gasteiger partial charge in [0.1, 0.15) is 9.20 Å². The average molecular weight is 333 g/mol. The number of nitrogens with two attached hydrogens (primary N) is 1. The molecule has 0 spiro atoms. The van der Waals surface area contributed by atoms with Gasteiger partial charge in [-0.25, -0.2) is 8.42 Å². The number of hydrogen-bond acceptors (Lipinski definition) is 5. The van der Waals surface area contributed by atoms with Gasteiger partial charge in [-0.2, -0.15) is 4.31 Å². The average Bonchev–Trinajstić information content (AvgIpc) is 3.00. The normalized spacial score (nSPS) is 15.3. The van der Waals surface area contributed by atoms with E-state index in [0.29, 0.717) is 4.88 Å². The quantitative estimate of drug-likeness (QED) is 0.730. The zero-order valence-electron chi connectivity index (χ0n) is 10.8. The van der Waals surface area contributed by atoms with Crippen LogP contribution in [0.15, 0.2) is 16.3 Å². The second kappa shape index (κ2) is 5.76. The van der Waals surface area contributed by atoms with Gasteiger partial charge in [0.2, 0.25) is 5.91 Å². The van der Waals surface area contributed by atoms with Crippen molar-refractivity contribution in [3.05, 3.63) is 17.0 Å². The maximum atomic E-state index is 12.3. The molecule has 0 saturated heterocycles. The lowest BCUT2D eigenvalue weighted by atomic mass is 10.5. The molecule has 1 amide bonds. The highest BCUT2D eigenvalue weighted by atomic mass is 32.2. The van der Waals surface area contributed by atoms with E-state index in [1.54, 1.807) is 6.07 Å². The third-order valence-electron chi connectivity index (χ3n) is 2.80. The number of hydrogen-bond donors (Lipinski definition) is 2. The third kappa shape index (κ3) is 3.54. The van der Waals surface area contributed by atoms with Gasteiger partial charge in [0.15, 0.2) is 0 Å². The number of likely N-dealkylation sites (N-methyl/N-ethyl adjacent to an activating group) is 1. The van der Waals surface area contributed by atoms with Crippen LogP contribution >= 0.6 is 23.6 Å². The first kappa shape index (κ1) is 15.4. The van der Waals surface area contributed by atoms with Crippen LogP contribution in [0.2, 0.25) is 0 Å². The number of nitrogens with zero attached hydrogens (tertiary/aromatic N) is 1. The Balaban J connectivity index is 2.07. The fourth-order valence-electron chi connectivity index (χ4n) is 1.53. The zero-order chi connectivity index (χ0) is 14.9. The van der Waals surface area contributed by atoms with Crippen molar-refractivity contribution >= 4 is 44.5 Å². The molecule has 2 rings (SSSR count). The number of nitrogens with one attached hydrogen (secondary N) is 1. The van der Waals surface area contributed by atoms with E-state index in [1.807, 2.05) is 0 Å². The van der Waals surface area contributed by atoms with E-state index in [9.17, 15) is 13.2 Å². The molecule has 1 saturated carbocycles. The Bertz CT molecular complexity index is 634. The molecule has 0 aromatic carbocycles. The van der Waals surface area contributed by atoms with Crippen molar-refractivity contribution in [1.29, 1.82) is 0 Å². The molecule has 1 fully saturated rings. The summed E-state index contributed by atoms with van der Waals surface area (Å²) in [7, 11) is -2.31. The van der Waals surface area contributed by atoms with Gasteiger partial charge in [-0.1, -0.05) is 12.2 Å². The van der Waals surface area contributed by atoms with Crippen molar-refractivity contribution < 1.29 is 13.2 Å². The minimum absolute atomic E-state index is 0.127. The summed E-state index contributed by atoms with van der Waals surface area (Å²) in [6.45, 7) is -0.195. The highest BCUT2D eigenvalue weighted by Gasteiger charge is 2.28. The molecular weight excluding hydrogens is 318 g/mol. The fourth-order valence-corrected chi connectivity index (χ4v) is 4.22. The first-order valence-corrected chi connectivity index (χ1v) is 8.62. The summed E-state index contributed by atoms with van der Waals surface area (Å²) in [4.78, 5) is 12.3. The van der Waals surface area contributed by atoms with Gasteiger partial charge in [0.25, 0.3) is 10.0 Å². The van der Waals surface area contributed by atoms with Crippen LogP contribution in [0.3, 0.4) is 0 Å². The van der Waals surface area contributed by atoms with Crippen LogP contribution in [0.4, 0.5) is 0 Å². The number of amides is 1. The highest BCUT2D eigenvalue weighted by molar-refractivity contribution is 7.91. The van der Waals surface area contributed by atoms with Crippen LogP contribution in [0.5, 0.6) is 0 Å². The summed E-state index contributed by atoms with van der Waals surface area (Å²) in [5, 5.41) is 2.75. The Kier molecular flexibility index (Phi) is 4.43. The van der Waals surface area contributed by atoms with E-state index >= 15 is 0 Å². The van der Waals surface area contributed by atoms with E-state index in [0.717, 1.165) is 28.5 Å². The van der Waals surface area contributed by atoms with Crippen LogP contribution < -0.4 is 11.1 Å². The molecule has 0 unspecified atom stereocenters. The molecule has 1 aromatic rings. The molecular formula is C11H15N3O3S3. The topological polar surface area (TPSA) is 92.5 Å². The number of sulfonamides is 1. The van der Waals surface area contributed by atoms with Crippen molar-refractivity contribution in [2.45, 2.75) is 23.1 Å². The number of thiocarbonyl (C=S) groups is 1. The maximum absolute atomic E-state index is 12.3. The lowest BCUT2D eigenvalue weighted by Crippen LogP contribution is -2.38. The van der Waals surface area contributed by atoms with Crippen LogP contribution in [0.25, 0.3) is 0 Å². The molecule has 1 aromatic heterocycles. The highest BCUT2D eigenvalue weighted by Crippen LogP contribution is 2.24. The van der Waals surface area contributed by atoms with Gasteiger partial charge in [0, 0.05) is 13.1 Å². The first-order chi connectivity index (χ1) is 9.30. The second-order valence-corrected chi connectivity index (χ2v) is 8.38. The Morgan fingerprint density at radius 3 is 2.70 bits per heavy atom. The van der Waals surface area contributed by atoms with Crippen molar-refractivity contribution in [1.82, 2.24) is 9.62 Å². The number of carbonyl (C=O) groups excluding carboxylic acids is 1. The molecule has 1 aliphatic carbocycles. The predicted octanol–water partition coefficient (Wildman–Crippen LogP) is 0.281. The molecule has 110 valence electrons. The Hall–Kier alpha value is -1.03. The smallest absolute Gasteiger partial charge is 0.252 e. The Morgan fingerprint density at radius 1 is 1.55 bits per heavy atom. The van der Waals surface area contributed by atoms with Crippen LogP contribution in [0, 0.1) is 0 Å². The van der Waals surface area contributed by atoms with Gasteiger partial charge in [-0.15, -0.1) is 11.3 Å². The van der Waals surface area contributed by atoms with Crippen molar-refractivity contribution in [2.75, 3.05) is 13.6 Å². The number of thiophene rings is 1. The number of carbonyl (C=O) groups is 1. The zero-order valence-corrected chi connectivity index (χ0v) is 13.3. The minimum atomic E-state index is -3.69.